The molecule has 0 aliphatic rings. The monoisotopic (exact) mass is 386 g/mol. The van der Waals surface area contributed by atoms with E-state index in [9.17, 15) is 4.79 Å². The predicted octanol–water partition coefficient (Wildman–Crippen LogP) is 5.04. The second-order valence-electron chi connectivity index (χ2n) is 3.34. The molecule has 0 N–H and O–H groups in total. The third kappa shape index (κ3) is 3.73. The lowest BCUT2D eigenvalue weighted by Crippen LogP contribution is -2.15. The molecule has 1 atom stereocenters. The van der Waals surface area contributed by atoms with Crippen LogP contribution in [0.5, 0.6) is 0 Å². The van der Waals surface area contributed by atoms with Gasteiger partial charge in [-0.3, -0.25) is 4.79 Å². The van der Waals surface area contributed by atoms with Gasteiger partial charge in [-0.05, 0) is 24.1 Å². The van der Waals surface area contributed by atoms with Gasteiger partial charge in [-0.15, -0.1) is 0 Å². The molecule has 88 valence electrons. The van der Waals surface area contributed by atoms with E-state index >= 15 is 0 Å². The molecule has 1 rings (SSSR count). The maximum Gasteiger partial charge on any atom is 0.146 e. The number of Topliss-reactive ketones (excluding diaryl/α,β-unsaturated/α-hetero) is 1. The number of alkyl halides is 1. The second-order valence-corrected chi connectivity index (χ2v) is 6.17. The van der Waals surface area contributed by atoms with E-state index in [0.717, 1.165) is 10.0 Å². The quantitative estimate of drug-likeness (QED) is 0.660. The first kappa shape index (κ1) is 14.5. The fourth-order valence-corrected chi connectivity index (χ4v) is 3.29. The molecule has 5 heteroatoms. The standard InChI is InChI=1S/C11H10Br2Cl2O/c1-2-11(16)8(13)5-7-9(14)3-6(12)4-10(7)15/h3-4,8H,2,5H2,1H3. The van der Waals surface area contributed by atoms with E-state index in [-0.39, 0.29) is 10.6 Å². The molecule has 0 spiro atoms. The van der Waals surface area contributed by atoms with Crippen LogP contribution in [0.1, 0.15) is 18.9 Å². The van der Waals surface area contributed by atoms with Crippen LogP contribution >= 0.6 is 55.1 Å². The number of ketones is 1. The van der Waals surface area contributed by atoms with Crippen LogP contribution in [-0.2, 0) is 11.2 Å². The van der Waals surface area contributed by atoms with Crippen molar-refractivity contribution in [2.24, 2.45) is 0 Å². The van der Waals surface area contributed by atoms with Crippen molar-refractivity contribution < 1.29 is 4.79 Å². The van der Waals surface area contributed by atoms with Gasteiger partial charge in [0, 0.05) is 20.9 Å². The Balaban J connectivity index is 2.93. The van der Waals surface area contributed by atoms with Crippen LogP contribution in [0.2, 0.25) is 10.0 Å². The molecule has 0 aromatic heterocycles. The van der Waals surface area contributed by atoms with Gasteiger partial charge in [0.2, 0.25) is 0 Å². The lowest BCUT2D eigenvalue weighted by Gasteiger charge is -2.11. The highest BCUT2D eigenvalue weighted by molar-refractivity contribution is 9.10. The summed E-state index contributed by atoms with van der Waals surface area (Å²) >= 11 is 18.8. The summed E-state index contributed by atoms with van der Waals surface area (Å²) in [7, 11) is 0. The number of benzene rings is 1. The molecule has 1 unspecified atom stereocenters. The first-order valence-corrected chi connectivity index (χ1v) is 7.22. The Bertz CT molecular complexity index is 384. The van der Waals surface area contributed by atoms with Gasteiger partial charge >= 0.3 is 0 Å². The summed E-state index contributed by atoms with van der Waals surface area (Å²) in [4.78, 5) is 11.2. The zero-order chi connectivity index (χ0) is 12.3. The minimum Gasteiger partial charge on any atom is -0.298 e. The van der Waals surface area contributed by atoms with Crippen molar-refractivity contribution in [3.05, 3.63) is 32.2 Å². The molecule has 1 nitrogen and oxygen atoms in total. The van der Waals surface area contributed by atoms with Gasteiger partial charge in [-0.25, -0.2) is 0 Å². The molecule has 0 bridgehead atoms. The van der Waals surface area contributed by atoms with E-state index in [4.69, 9.17) is 23.2 Å². The smallest absolute Gasteiger partial charge is 0.146 e. The molecule has 0 aliphatic heterocycles. The largest absolute Gasteiger partial charge is 0.298 e. The summed E-state index contributed by atoms with van der Waals surface area (Å²) in [5.41, 5.74) is 0.801. The molecule has 0 saturated carbocycles. The van der Waals surface area contributed by atoms with Crippen LogP contribution in [-0.4, -0.2) is 10.6 Å². The Labute approximate surface area is 122 Å². The maximum atomic E-state index is 11.5. The van der Waals surface area contributed by atoms with E-state index in [1.54, 1.807) is 12.1 Å². The van der Waals surface area contributed by atoms with Crippen LogP contribution in [0, 0.1) is 0 Å². The van der Waals surface area contributed by atoms with Crippen molar-refractivity contribution in [1.29, 1.82) is 0 Å². The van der Waals surface area contributed by atoms with Crippen LogP contribution in [0.15, 0.2) is 16.6 Å². The Hall–Kier alpha value is 0.430. The first-order valence-electron chi connectivity index (χ1n) is 4.76. The molecule has 0 heterocycles. The number of hydrogen-bond acceptors (Lipinski definition) is 1. The van der Waals surface area contributed by atoms with Gasteiger partial charge < -0.3 is 0 Å². The summed E-state index contributed by atoms with van der Waals surface area (Å²) < 4.78 is 0.833. The summed E-state index contributed by atoms with van der Waals surface area (Å²) in [5, 5.41) is 1.15. The highest BCUT2D eigenvalue weighted by Crippen LogP contribution is 2.31. The van der Waals surface area contributed by atoms with Gasteiger partial charge in [0.05, 0.1) is 4.83 Å². The second kappa shape index (κ2) is 6.39. The van der Waals surface area contributed by atoms with Gasteiger partial charge in [0.15, 0.2) is 0 Å². The average molecular weight is 389 g/mol. The van der Waals surface area contributed by atoms with Crippen LogP contribution in [0.4, 0.5) is 0 Å². The van der Waals surface area contributed by atoms with Gasteiger partial charge in [-0.1, -0.05) is 62.0 Å². The normalized spacial score (nSPS) is 12.6. The minimum atomic E-state index is -0.228. The van der Waals surface area contributed by atoms with Crippen LogP contribution in [0.25, 0.3) is 0 Å². The number of halogens is 4. The Morgan fingerprint density at radius 2 is 1.88 bits per heavy atom. The summed E-state index contributed by atoms with van der Waals surface area (Å²) in [6.07, 6.45) is 1.01. The fourth-order valence-electron chi connectivity index (χ4n) is 1.28. The third-order valence-electron chi connectivity index (χ3n) is 2.19. The van der Waals surface area contributed by atoms with Crippen molar-refractivity contribution in [2.75, 3.05) is 0 Å². The van der Waals surface area contributed by atoms with E-state index in [0.29, 0.717) is 22.9 Å². The van der Waals surface area contributed by atoms with Crippen LogP contribution in [0.3, 0.4) is 0 Å². The van der Waals surface area contributed by atoms with Gasteiger partial charge in [0.1, 0.15) is 5.78 Å². The molecule has 1 aromatic rings. The van der Waals surface area contributed by atoms with Crippen molar-refractivity contribution in [3.63, 3.8) is 0 Å². The molecule has 0 aliphatic carbocycles. The summed E-state index contributed by atoms with van der Waals surface area (Å²) in [5.74, 6) is 0.148. The highest BCUT2D eigenvalue weighted by Gasteiger charge is 2.17. The molecule has 0 saturated heterocycles. The molecule has 0 amide bonds. The molecule has 1 aromatic carbocycles. The third-order valence-corrected chi connectivity index (χ3v) is 4.15. The van der Waals surface area contributed by atoms with Crippen molar-refractivity contribution in [1.82, 2.24) is 0 Å². The van der Waals surface area contributed by atoms with E-state index < -0.39 is 0 Å². The zero-order valence-corrected chi connectivity index (χ0v) is 13.3. The summed E-state index contributed by atoms with van der Waals surface area (Å²) in [6.45, 7) is 1.83. The lowest BCUT2D eigenvalue weighted by molar-refractivity contribution is -0.118. The topological polar surface area (TPSA) is 17.1 Å². The summed E-state index contributed by atoms with van der Waals surface area (Å²) in [6, 6.07) is 3.55. The molecule has 0 fully saturated rings. The van der Waals surface area contributed by atoms with Crippen molar-refractivity contribution in [3.8, 4) is 0 Å². The van der Waals surface area contributed by atoms with E-state index in [1.165, 1.54) is 0 Å². The van der Waals surface area contributed by atoms with Gasteiger partial charge in [-0.2, -0.15) is 0 Å². The van der Waals surface area contributed by atoms with E-state index in [1.807, 2.05) is 6.92 Å². The molecule has 16 heavy (non-hydrogen) atoms. The molecular formula is C11H10Br2Cl2O. The van der Waals surface area contributed by atoms with Crippen molar-refractivity contribution >= 4 is 60.8 Å². The zero-order valence-electron chi connectivity index (χ0n) is 8.57. The molecular weight excluding hydrogens is 379 g/mol. The number of carbonyl (C=O) groups is 1. The predicted molar refractivity (Wildman–Crippen MR) is 75.9 cm³/mol. The Kier molecular flexibility index (Phi) is 5.78. The van der Waals surface area contributed by atoms with Crippen molar-refractivity contribution in [2.45, 2.75) is 24.6 Å². The fraction of sp³-hybridized carbons (Fsp3) is 0.364. The number of carbonyl (C=O) groups excluding carboxylic acids is 1. The maximum absolute atomic E-state index is 11.5. The van der Waals surface area contributed by atoms with Gasteiger partial charge in [0.25, 0.3) is 0 Å². The minimum absolute atomic E-state index is 0.148. The average Bonchev–Trinajstić information content (AvgIpc) is 2.21. The lowest BCUT2D eigenvalue weighted by atomic mass is 10.1. The number of hydrogen-bond donors (Lipinski definition) is 0. The Morgan fingerprint density at radius 1 is 1.38 bits per heavy atom. The Morgan fingerprint density at radius 3 is 2.31 bits per heavy atom. The van der Waals surface area contributed by atoms with Crippen LogP contribution < -0.4 is 0 Å². The van der Waals surface area contributed by atoms with E-state index in [2.05, 4.69) is 31.9 Å². The highest BCUT2D eigenvalue weighted by atomic mass is 79.9. The SMILES string of the molecule is CCC(=O)C(Br)Cc1c(Cl)cc(Br)cc1Cl. The first-order chi connectivity index (χ1) is 7.45. The number of rotatable bonds is 4. The molecule has 0 radical (unpaired) electrons.